The second kappa shape index (κ2) is 8.36. The molecular weight excluding hydrogens is 350 g/mol. The number of rotatable bonds is 6. The highest BCUT2D eigenvalue weighted by atomic mass is 32.1. The highest BCUT2D eigenvalue weighted by molar-refractivity contribution is 7.17. The minimum atomic E-state index is -0.737. The number of ether oxygens (including phenoxy) is 1. The molecule has 1 amide bonds. The Kier molecular flexibility index (Phi) is 5.93. The van der Waals surface area contributed by atoms with Crippen molar-refractivity contribution in [3.05, 3.63) is 41.3 Å². The summed E-state index contributed by atoms with van der Waals surface area (Å²) in [6, 6.07) is 11.9. The number of amides is 1. The largest absolute Gasteiger partial charge is 0.492 e. The Morgan fingerprint density at radius 3 is 2.50 bits per heavy atom. The Balaban J connectivity index is 1.72. The van der Waals surface area contributed by atoms with Gasteiger partial charge in [0.1, 0.15) is 10.6 Å². The van der Waals surface area contributed by atoms with Gasteiger partial charge in [0.15, 0.2) is 0 Å². The first-order valence-electron chi connectivity index (χ1n) is 8.94. The van der Waals surface area contributed by atoms with Gasteiger partial charge in [0.05, 0.1) is 12.5 Å². The van der Waals surface area contributed by atoms with Gasteiger partial charge in [-0.3, -0.25) is 9.59 Å². The van der Waals surface area contributed by atoms with Crippen LogP contribution in [0.1, 0.15) is 42.3 Å². The van der Waals surface area contributed by atoms with Crippen molar-refractivity contribution >= 4 is 23.2 Å². The van der Waals surface area contributed by atoms with Gasteiger partial charge in [0.25, 0.3) is 5.91 Å². The number of carboxylic acids is 1. The highest BCUT2D eigenvalue weighted by Gasteiger charge is 2.28. The molecule has 0 atom stereocenters. The summed E-state index contributed by atoms with van der Waals surface area (Å²) in [7, 11) is 0. The van der Waals surface area contributed by atoms with E-state index >= 15 is 0 Å². The Bertz CT molecular complexity index is 763. The van der Waals surface area contributed by atoms with Crippen LogP contribution in [0, 0.1) is 5.92 Å². The topological polar surface area (TPSA) is 75.6 Å². The molecule has 0 bridgehead atoms. The number of benzene rings is 1. The molecule has 6 heteroatoms. The monoisotopic (exact) mass is 373 g/mol. The van der Waals surface area contributed by atoms with Gasteiger partial charge in [0, 0.05) is 10.9 Å². The second-order valence-electron chi connectivity index (χ2n) is 6.46. The van der Waals surface area contributed by atoms with E-state index < -0.39 is 5.97 Å². The first-order valence-corrected chi connectivity index (χ1v) is 9.75. The molecule has 0 saturated heterocycles. The third-order valence-electron chi connectivity index (χ3n) is 4.67. The van der Waals surface area contributed by atoms with Crippen molar-refractivity contribution in [1.29, 1.82) is 0 Å². The Hall–Kier alpha value is -2.34. The minimum Gasteiger partial charge on any atom is -0.492 e. The average molecular weight is 373 g/mol. The van der Waals surface area contributed by atoms with Gasteiger partial charge in [0.2, 0.25) is 0 Å². The lowest BCUT2D eigenvalue weighted by Gasteiger charge is -2.26. The van der Waals surface area contributed by atoms with E-state index in [0.717, 1.165) is 10.4 Å². The van der Waals surface area contributed by atoms with Crippen molar-refractivity contribution in [3.8, 4) is 16.2 Å². The summed E-state index contributed by atoms with van der Waals surface area (Å²) in [4.78, 5) is 25.4. The summed E-state index contributed by atoms with van der Waals surface area (Å²) >= 11 is 1.42. The van der Waals surface area contributed by atoms with Crippen molar-refractivity contribution < 1.29 is 19.4 Å². The van der Waals surface area contributed by atoms with Gasteiger partial charge < -0.3 is 15.2 Å². The van der Waals surface area contributed by atoms with Crippen molar-refractivity contribution in [2.24, 2.45) is 5.92 Å². The minimum absolute atomic E-state index is 0.0230. The fourth-order valence-corrected chi connectivity index (χ4v) is 4.29. The summed E-state index contributed by atoms with van der Waals surface area (Å²) in [6.45, 7) is 2.39. The first kappa shape index (κ1) is 18.5. The Morgan fingerprint density at radius 1 is 1.19 bits per heavy atom. The number of thiophene rings is 1. The zero-order valence-electron chi connectivity index (χ0n) is 14.7. The molecule has 1 aliphatic carbocycles. The summed E-state index contributed by atoms with van der Waals surface area (Å²) in [5.41, 5.74) is 1.06. The van der Waals surface area contributed by atoms with Crippen LogP contribution in [-0.4, -0.2) is 29.6 Å². The number of nitrogens with one attached hydrogen (secondary N) is 1. The van der Waals surface area contributed by atoms with Crippen molar-refractivity contribution in [2.45, 2.75) is 38.6 Å². The standard InChI is InChI=1S/C20H23NO4S/c1-2-25-16-12-17(13-6-4-3-5-7-13)26-18(16)19(22)21-15-10-8-14(9-11-15)20(23)24/h3-7,12,14-15H,2,8-11H2,1H3,(H,21,22)(H,23,24). The van der Waals surface area contributed by atoms with Crippen LogP contribution < -0.4 is 10.1 Å². The van der Waals surface area contributed by atoms with Crippen molar-refractivity contribution in [2.75, 3.05) is 6.61 Å². The predicted octanol–water partition coefficient (Wildman–Crippen LogP) is 4.19. The number of carbonyl (C=O) groups is 2. The molecule has 0 unspecified atom stereocenters. The maximum Gasteiger partial charge on any atom is 0.306 e. The smallest absolute Gasteiger partial charge is 0.306 e. The number of carboxylic acid groups (broad SMARTS) is 1. The summed E-state index contributed by atoms with van der Waals surface area (Å²) < 4.78 is 5.67. The van der Waals surface area contributed by atoms with Crippen LogP contribution in [0.5, 0.6) is 5.75 Å². The van der Waals surface area contributed by atoms with Crippen LogP contribution in [0.3, 0.4) is 0 Å². The van der Waals surface area contributed by atoms with Gasteiger partial charge in [-0.2, -0.15) is 0 Å². The molecule has 1 aliphatic rings. The molecule has 0 spiro atoms. The van der Waals surface area contributed by atoms with Crippen LogP contribution in [0.25, 0.3) is 10.4 Å². The third-order valence-corrected chi connectivity index (χ3v) is 5.84. The predicted molar refractivity (Wildman–Crippen MR) is 102 cm³/mol. The van der Waals surface area contributed by atoms with E-state index in [-0.39, 0.29) is 17.9 Å². The third kappa shape index (κ3) is 4.25. The molecule has 1 saturated carbocycles. The zero-order chi connectivity index (χ0) is 18.5. The van der Waals surface area contributed by atoms with Crippen LogP contribution in [0.4, 0.5) is 0 Å². The van der Waals surface area contributed by atoms with Crippen molar-refractivity contribution in [1.82, 2.24) is 5.32 Å². The molecular formula is C20H23NO4S. The Labute approximate surface area is 157 Å². The maximum atomic E-state index is 12.8. The van der Waals surface area contributed by atoms with Gasteiger partial charge in [-0.1, -0.05) is 30.3 Å². The molecule has 138 valence electrons. The molecule has 0 aliphatic heterocycles. The van der Waals surface area contributed by atoms with E-state index in [0.29, 0.717) is 42.9 Å². The lowest BCUT2D eigenvalue weighted by atomic mass is 9.86. The van der Waals surface area contributed by atoms with Crippen LogP contribution in [-0.2, 0) is 4.79 Å². The van der Waals surface area contributed by atoms with E-state index in [1.54, 1.807) is 0 Å². The first-order chi connectivity index (χ1) is 12.6. The normalized spacial score (nSPS) is 19.7. The summed E-state index contributed by atoms with van der Waals surface area (Å²) in [5.74, 6) is -0.555. The molecule has 1 fully saturated rings. The van der Waals surface area contributed by atoms with Gasteiger partial charge in [-0.15, -0.1) is 11.3 Å². The lowest BCUT2D eigenvalue weighted by Crippen LogP contribution is -2.38. The number of hydrogen-bond acceptors (Lipinski definition) is 4. The maximum absolute atomic E-state index is 12.8. The lowest BCUT2D eigenvalue weighted by molar-refractivity contribution is -0.142. The van der Waals surface area contributed by atoms with Crippen LogP contribution in [0.2, 0.25) is 0 Å². The summed E-state index contributed by atoms with van der Waals surface area (Å²) in [6.07, 6.45) is 2.61. The molecule has 1 heterocycles. The summed E-state index contributed by atoms with van der Waals surface area (Å²) in [5, 5.41) is 12.1. The van der Waals surface area contributed by atoms with Crippen LogP contribution in [0.15, 0.2) is 36.4 Å². The SMILES string of the molecule is CCOc1cc(-c2ccccc2)sc1C(=O)NC1CCC(C(=O)O)CC1. The number of carbonyl (C=O) groups excluding carboxylic acids is 1. The second-order valence-corrected chi connectivity index (χ2v) is 7.52. The van der Waals surface area contributed by atoms with E-state index in [4.69, 9.17) is 9.84 Å². The van der Waals surface area contributed by atoms with E-state index in [9.17, 15) is 9.59 Å². The Morgan fingerprint density at radius 2 is 1.88 bits per heavy atom. The number of hydrogen-bond donors (Lipinski definition) is 2. The van der Waals surface area contributed by atoms with E-state index in [1.807, 2.05) is 43.3 Å². The van der Waals surface area contributed by atoms with Gasteiger partial charge >= 0.3 is 5.97 Å². The molecule has 1 aromatic heterocycles. The quantitative estimate of drug-likeness (QED) is 0.796. The fraction of sp³-hybridized carbons (Fsp3) is 0.400. The number of aliphatic carboxylic acids is 1. The fourth-order valence-electron chi connectivity index (χ4n) is 3.28. The molecule has 26 heavy (non-hydrogen) atoms. The molecule has 3 rings (SSSR count). The zero-order valence-corrected chi connectivity index (χ0v) is 15.6. The molecule has 5 nitrogen and oxygen atoms in total. The molecule has 0 radical (unpaired) electrons. The van der Waals surface area contributed by atoms with Gasteiger partial charge in [-0.05, 0) is 44.2 Å². The van der Waals surface area contributed by atoms with Crippen LogP contribution >= 0.6 is 11.3 Å². The van der Waals surface area contributed by atoms with Gasteiger partial charge in [-0.25, -0.2) is 0 Å². The highest BCUT2D eigenvalue weighted by Crippen LogP contribution is 2.36. The van der Waals surface area contributed by atoms with E-state index in [2.05, 4.69) is 5.32 Å². The van der Waals surface area contributed by atoms with E-state index in [1.165, 1.54) is 11.3 Å². The van der Waals surface area contributed by atoms with Crippen molar-refractivity contribution in [3.63, 3.8) is 0 Å². The average Bonchev–Trinajstić information content (AvgIpc) is 3.07. The molecule has 1 aromatic carbocycles. The molecule has 2 N–H and O–H groups in total. The molecule has 2 aromatic rings.